The minimum atomic E-state index is -3.86. The first-order valence-corrected chi connectivity index (χ1v) is 11.0. The van der Waals surface area contributed by atoms with Crippen LogP contribution in [0.25, 0.3) is 6.08 Å². The molecule has 7 heteroatoms. The van der Waals surface area contributed by atoms with E-state index >= 15 is 0 Å². The number of carbonyl (C=O) groups excluding carboxylic acids is 1. The Morgan fingerprint density at radius 1 is 0.967 bits per heavy atom. The molecule has 0 aliphatic rings. The van der Waals surface area contributed by atoms with Crippen LogP contribution < -0.4 is 5.32 Å². The third kappa shape index (κ3) is 5.55. The zero-order valence-corrected chi connectivity index (χ0v) is 17.4. The zero-order valence-electron chi connectivity index (χ0n) is 15.8. The lowest BCUT2D eigenvalue weighted by Gasteiger charge is -2.18. The van der Waals surface area contributed by atoms with E-state index in [1.807, 2.05) is 0 Å². The summed E-state index contributed by atoms with van der Waals surface area (Å²) in [6.07, 6.45) is 2.94. The first-order chi connectivity index (χ1) is 14.4. The van der Waals surface area contributed by atoms with Gasteiger partial charge in [0.2, 0.25) is 5.91 Å². The lowest BCUT2D eigenvalue weighted by molar-refractivity contribution is -0.116. The van der Waals surface area contributed by atoms with E-state index in [-0.39, 0.29) is 11.4 Å². The Balaban J connectivity index is 1.79. The molecular formula is C23H19ClFNO3S. The van der Waals surface area contributed by atoms with Gasteiger partial charge in [-0.25, -0.2) is 12.8 Å². The molecule has 0 aliphatic heterocycles. The Bertz CT molecular complexity index is 1130. The van der Waals surface area contributed by atoms with Crippen molar-refractivity contribution in [1.29, 1.82) is 0 Å². The molecule has 0 fully saturated rings. The number of carbonyl (C=O) groups is 1. The Labute approximate surface area is 179 Å². The molecule has 1 N–H and O–H groups in total. The summed E-state index contributed by atoms with van der Waals surface area (Å²) in [5, 5.41) is 2.22. The maximum absolute atomic E-state index is 13.2. The van der Waals surface area contributed by atoms with Crippen molar-refractivity contribution < 1.29 is 17.6 Å². The minimum absolute atomic E-state index is 0.0105. The third-order valence-corrected chi connectivity index (χ3v) is 6.82. The average Bonchev–Trinajstić information content (AvgIpc) is 2.74. The number of sulfone groups is 1. The largest absolute Gasteiger partial charge is 0.351 e. The van der Waals surface area contributed by atoms with Crippen LogP contribution in [0.3, 0.4) is 0 Å². The van der Waals surface area contributed by atoms with E-state index in [1.54, 1.807) is 60.7 Å². The van der Waals surface area contributed by atoms with Crippen molar-refractivity contribution in [2.24, 2.45) is 0 Å². The first-order valence-electron chi connectivity index (χ1n) is 9.12. The molecule has 0 radical (unpaired) electrons. The van der Waals surface area contributed by atoms with Gasteiger partial charge in [0.05, 0.1) is 4.90 Å². The second-order valence-corrected chi connectivity index (χ2v) is 9.10. The zero-order chi connectivity index (χ0) is 21.6. The Kier molecular flexibility index (Phi) is 7.03. The van der Waals surface area contributed by atoms with Gasteiger partial charge in [0.25, 0.3) is 0 Å². The van der Waals surface area contributed by atoms with Gasteiger partial charge in [-0.05, 0) is 53.6 Å². The van der Waals surface area contributed by atoms with Crippen LogP contribution in [0, 0.1) is 5.82 Å². The lowest BCUT2D eigenvalue weighted by atomic mass is 10.1. The predicted octanol–water partition coefficient (Wildman–Crippen LogP) is 4.82. The molecule has 1 unspecified atom stereocenters. The molecule has 0 saturated heterocycles. The number of halogens is 2. The lowest BCUT2D eigenvalue weighted by Crippen LogP contribution is -2.30. The summed E-state index contributed by atoms with van der Waals surface area (Å²) in [4.78, 5) is 12.2. The second-order valence-electron chi connectivity index (χ2n) is 6.53. The topological polar surface area (TPSA) is 63.2 Å². The van der Waals surface area contributed by atoms with Crippen LogP contribution in [0.5, 0.6) is 0 Å². The maximum Gasteiger partial charge on any atom is 0.244 e. The molecule has 0 saturated carbocycles. The molecule has 30 heavy (non-hydrogen) atoms. The fourth-order valence-electron chi connectivity index (χ4n) is 2.86. The summed E-state index contributed by atoms with van der Waals surface area (Å²) in [7, 11) is -3.86. The van der Waals surface area contributed by atoms with E-state index in [0.717, 1.165) is 17.7 Å². The molecule has 0 aliphatic carbocycles. The molecule has 1 atom stereocenters. The molecule has 154 valence electrons. The van der Waals surface area contributed by atoms with Gasteiger partial charge in [-0.1, -0.05) is 54.1 Å². The van der Waals surface area contributed by atoms with Crippen molar-refractivity contribution in [2.75, 3.05) is 6.54 Å². The van der Waals surface area contributed by atoms with Crippen LogP contribution in [-0.2, 0) is 14.6 Å². The van der Waals surface area contributed by atoms with Crippen molar-refractivity contribution in [1.82, 2.24) is 5.32 Å². The van der Waals surface area contributed by atoms with E-state index in [0.29, 0.717) is 10.6 Å². The van der Waals surface area contributed by atoms with Crippen molar-refractivity contribution in [3.8, 4) is 0 Å². The Morgan fingerprint density at radius 2 is 1.60 bits per heavy atom. The van der Waals surface area contributed by atoms with Crippen molar-refractivity contribution in [3.05, 3.63) is 107 Å². The van der Waals surface area contributed by atoms with Gasteiger partial charge in [-0.2, -0.15) is 0 Å². The maximum atomic E-state index is 13.2. The molecule has 0 spiro atoms. The van der Waals surface area contributed by atoms with Crippen LogP contribution in [0.1, 0.15) is 16.4 Å². The molecule has 4 nitrogen and oxygen atoms in total. The first kappa shape index (κ1) is 21.7. The van der Waals surface area contributed by atoms with E-state index in [4.69, 9.17) is 11.6 Å². The third-order valence-electron chi connectivity index (χ3n) is 4.45. The van der Waals surface area contributed by atoms with E-state index < -0.39 is 26.8 Å². The van der Waals surface area contributed by atoms with Gasteiger partial charge in [0, 0.05) is 17.6 Å². The highest BCUT2D eigenvalue weighted by Gasteiger charge is 2.29. The fourth-order valence-corrected chi connectivity index (χ4v) is 4.65. The molecule has 3 rings (SSSR count). The van der Waals surface area contributed by atoms with Crippen LogP contribution in [0.2, 0.25) is 5.02 Å². The SMILES string of the molecule is O=C(/C=C/c1ccc(Cl)cc1)NCC(c1ccccc1)S(=O)(=O)c1ccc(F)cc1. The Hall–Kier alpha value is -2.96. The number of hydrogen-bond acceptors (Lipinski definition) is 3. The molecule has 0 aromatic heterocycles. The quantitative estimate of drug-likeness (QED) is 0.420. The van der Waals surface area contributed by atoms with Gasteiger partial charge in [-0.15, -0.1) is 0 Å². The molecule has 0 heterocycles. The normalized spacial score (nSPS) is 12.6. The smallest absolute Gasteiger partial charge is 0.244 e. The highest BCUT2D eigenvalue weighted by Crippen LogP contribution is 2.28. The standard InChI is InChI=1S/C23H19ClFNO3S/c24-19-9-6-17(7-10-19)8-15-23(27)26-16-22(18-4-2-1-3-5-18)30(28,29)21-13-11-20(25)12-14-21/h1-15,22H,16H2,(H,26,27)/b15-8+. The number of rotatable bonds is 7. The summed E-state index contributed by atoms with van der Waals surface area (Å²) in [6.45, 7) is -0.131. The molecule has 1 amide bonds. The summed E-state index contributed by atoms with van der Waals surface area (Å²) >= 11 is 5.84. The summed E-state index contributed by atoms with van der Waals surface area (Å²) in [5.74, 6) is -0.953. The highest BCUT2D eigenvalue weighted by atomic mass is 35.5. The van der Waals surface area contributed by atoms with Crippen LogP contribution in [-0.4, -0.2) is 20.9 Å². The monoisotopic (exact) mass is 443 g/mol. The fraction of sp³-hybridized carbons (Fsp3) is 0.0870. The Morgan fingerprint density at radius 3 is 2.23 bits per heavy atom. The van der Waals surface area contributed by atoms with Crippen LogP contribution in [0.4, 0.5) is 4.39 Å². The van der Waals surface area contributed by atoms with Gasteiger partial charge < -0.3 is 5.32 Å². The summed E-state index contributed by atoms with van der Waals surface area (Å²) < 4.78 is 39.6. The van der Waals surface area contributed by atoms with E-state index in [2.05, 4.69) is 5.32 Å². The van der Waals surface area contributed by atoms with Crippen molar-refractivity contribution in [2.45, 2.75) is 10.1 Å². The molecule has 3 aromatic rings. The predicted molar refractivity (Wildman–Crippen MR) is 116 cm³/mol. The van der Waals surface area contributed by atoms with Crippen LogP contribution in [0.15, 0.2) is 89.8 Å². The number of hydrogen-bond donors (Lipinski definition) is 1. The summed E-state index contributed by atoms with van der Waals surface area (Å²) in [6, 6.07) is 20.2. The van der Waals surface area contributed by atoms with Crippen molar-refractivity contribution in [3.63, 3.8) is 0 Å². The second kappa shape index (κ2) is 9.69. The minimum Gasteiger partial charge on any atom is -0.351 e. The number of amides is 1. The summed E-state index contributed by atoms with van der Waals surface area (Å²) in [5.41, 5.74) is 1.32. The molecule has 0 bridgehead atoms. The average molecular weight is 444 g/mol. The molecule has 3 aromatic carbocycles. The van der Waals surface area contributed by atoms with Gasteiger partial charge >= 0.3 is 0 Å². The molecular weight excluding hydrogens is 425 g/mol. The van der Waals surface area contributed by atoms with Crippen LogP contribution >= 0.6 is 11.6 Å². The van der Waals surface area contributed by atoms with Gasteiger partial charge in [0.15, 0.2) is 9.84 Å². The number of benzene rings is 3. The van der Waals surface area contributed by atoms with Gasteiger partial charge in [-0.3, -0.25) is 4.79 Å². The van der Waals surface area contributed by atoms with Crippen molar-refractivity contribution >= 4 is 33.4 Å². The number of nitrogens with one attached hydrogen (secondary N) is 1. The highest BCUT2D eigenvalue weighted by molar-refractivity contribution is 7.91. The van der Waals surface area contributed by atoms with E-state index in [9.17, 15) is 17.6 Å². The van der Waals surface area contributed by atoms with Gasteiger partial charge in [0.1, 0.15) is 11.1 Å². The van der Waals surface area contributed by atoms with E-state index in [1.165, 1.54) is 18.2 Å².